The van der Waals surface area contributed by atoms with Crippen molar-refractivity contribution in [3.8, 4) is 5.75 Å². The number of carbonyl (C=O) groups excluding carboxylic acids is 2. The van der Waals surface area contributed by atoms with Crippen LogP contribution in [-0.2, 0) is 16.1 Å². The summed E-state index contributed by atoms with van der Waals surface area (Å²) in [5.74, 6) is -1.02. The highest BCUT2D eigenvalue weighted by molar-refractivity contribution is 6.46. The van der Waals surface area contributed by atoms with Crippen molar-refractivity contribution in [2.24, 2.45) is 0 Å². The third-order valence-electron chi connectivity index (χ3n) is 5.28. The van der Waals surface area contributed by atoms with Gasteiger partial charge < -0.3 is 19.3 Å². The van der Waals surface area contributed by atoms with E-state index in [0.717, 1.165) is 0 Å². The van der Waals surface area contributed by atoms with Crippen molar-refractivity contribution in [3.05, 3.63) is 84.2 Å². The largest absolute Gasteiger partial charge is 0.507 e. The van der Waals surface area contributed by atoms with Gasteiger partial charge in [0.1, 0.15) is 11.5 Å². The fourth-order valence-electron chi connectivity index (χ4n) is 3.77. The van der Waals surface area contributed by atoms with Crippen LogP contribution in [0, 0.1) is 0 Å². The molecule has 158 valence electrons. The molecule has 8 nitrogen and oxygen atoms in total. The molecule has 1 fully saturated rings. The highest BCUT2D eigenvalue weighted by atomic mass is 16.5. The van der Waals surface area contributed by atoms with Gasteiger partial charge in [-0.05, 0) is 36.2 Å². The monoisotopic (exact) mass is 418 g/mol. The van der Waals surface area contributed by atoms with Crippen LogP contribution in [0.5, 0.6) is 5.75 Å². The Morgan fingerprint density at radius 3 is 2.61 bits per heavy atom. The summed E-state index contributed by atoms with van der Waals surface area (Å²) in [6, 6.07) is 9.56. The number of aromatic nitrogens is 3. The second kappa shape index (κ2) is 8.83. The predicted octanol–water partition coefficient (Wildman–Crippen LogP) is 2.80. The highest BCUT2D eigenvalue weighted by Gasteiger charge is 2.45. The van der Waals surface area contributed by atoms with Gasteiger partial charge in [0.2, 0.25) is 0 Å². The second-order valence-corrected chi connectivity index (χ2v) is 7.16. The topological polar surface area (TPSA) is 97.6 Å². The number of hydrogen-bond donors (Lipinski definition) is 1. The lowest BCUT2D eigenvalue weighted by Gasteiger charge is -2.25. The van der Waals surface area contributed by atoms with Crippen LogP contribution in [0.15, 0.2) is 73.1 Å². The number of aryl methyl sites for hydroxylation is 1. The Hall–Kier alpha value is -3.94. The number of imidazole rings is 1. The molecule has 2 aromatic heterocycles. The minimum absolute atomic E-state index is 0.0621. The molecule has 1 aromatic carbocycles. The normalized spacial score (nSPS) is 17.8. The number of carbonyl (C=O) groups is 2. The SMILES string of the molecule is COc1cccc(/C(O)=C2\C(=O)C(=O)N(CCCn3ccnc3)C2c2ccncc2)c1. The van der Waals surface area contributed by atoms with Crippen LogP contribution in [0.3, 0.4) is 0 Å². The lowest BCUT2D eigenvalue weighted by atomic mass is 9.96. The fourth-order valence-corrected chi connectivity index (χ4v) is 3.77. The van der Waals surface area contributed by atoms with E-state index in [2.05, 4.69) is 9.97 Å². The molecule has 1 saturated heterocycles. The molecule has 3 aromatic rings. The number of rotatable bonds is 7. The molecular formula is C23H22N4O4. The third-order valence-corrected chi connectivity index (χ3v) is 5.28. The minimum Gasteiger partial charge on any atom is -0.507 e. The average molecular weight is 418 g/mol. The van der Waals surface area contributed by atoms with Crippen LogP contribution >= 0.6 is 0 Å². The molecule has 0 spiro atoms. The van der Waals surface area contributed by atoms with E-state index in [4.69, 9.17) is 4.74 Å². The van der Waals surface area contributed by atoms with E-state index >= 15 is 0 Å². The lowest BCUT2D eigenvalue weighted by molar-refractivity contribution is -0.139. The molecule has 1 aliphatic rings. The number of nitrogens with zero attached hydrogens (tertiary/aromatic N) is 4. The quantitative estimate of drug-likeness (QED) is 0.360. The van der Waals surface area contributed by atoms with Crippen LogP contribution in [0.1, 0.15) is 23.6 Å². The van der Waals surface area contributed by atoms with Gasteiger partial charge >= 0.3 is 0 Å². The molecule has 8 heteroatoms. The Labute approximate surface area is 179 Å². The first kappa shape index (κ1) is 20.3. The minimum atomic E-state index is -0.704. The van der Waals surface area contributed by atoms with Crippen LogP contribution in [0.4, 0.5) is 0 Å². The number of benzene rings is 1. The Balaban J connectivity index is 1.72. The summed E-state index contributed by atoms with van der Waals surface area (Å²) in [5.41, 5.74) is 1.18. The molecule has 1 N–H and O–H groups in total. The fraction of sp³-hybridized carbons (Fsp3) is 0.217. The Kier molecular flexibility index (Phi) is 5.79. The van der Waals surface area contributed by atoms with E-state index in [-0.39, 0.29) is 11.3 Å². The van der Waals surface area contributed by atoms with Gasteiger partial charge in [0.15, 0.2) is 0 Å². The van der Waals surface area contributed by atoms with Crippen molar-refractivity contribution >= 4 is 17.4 Å². The van der Waals surface area contributed by atoms with Crippen molar-refractivity contribution in [1.29, 1.82) is 0 Å². The van der Waals surface area contributed by atoms with Crippen LogP contribution in [0.2, 0.25) is 0 Å². The maximum absolute atomic E-state index is 13.0. The number of ether oxygens (including phenoxy) is 1. The molecule has 4 rings (SSSR count). The Bertz CT molecular complexity index is 1110. The van der Waals surface area contributed by atoms with E-state index in [9.17, 15) is 14.7 Å². The van der Waals surface area contributed by atoms with Crippen LogP contribution in [0.25, 0.3) is 5.76 Å². The molecule has 1 amide bonds. The molecule has 0 saturated carbocycles. The van der Waals surface area contributed by atoms with Crippen LogP contribution in [-0.4, -0.2) is 49.9 Å². The summed E-state index contributed by atoms with van der Waals surface area (Å²) in [6.45, 7) is 1.01. The van der Waals surface area contributed by atoms with Crippen molar-refractivity contribution in [2.75, 3.05) is 13.7 Å². The zero-order valence-corrected chi connectivity index (χ0v) is 17.0. The molecule has 1 unspecified atom stereocenters. The number of aliphatic hydroxyl groups excluding tert-OH is 1. The van der Waals surface area contributed by atoms with Crippen molar-refractivity contribution in [3.63, 3.8) is 0 Å². The standard InChI is InChI=1S/C23H22N4O4/c1-31-18-5-2-4-17(14-18)21(28)19-20(16-6-8-24-9-7-16)27(23(30)22(19)29)12-3-11-26-13-10-25-15-26/h2,4-10,13-15,20,28H,3,11-12H2,1H3/b21-19+. The first-order chi connectivity index (χ1) is 15.1. The number of aliphatic hydroxyl groups is 1. The smallest absolute Gasteiger partial charge is 0.295 e. The maximum atomic E-state index is 13.0. The summed E-state index contributed by atoms with van der Waals surface area (Å²) in [5, 5.41) is 11.0. The zero-order chi connectivity index (χ0) is 21.8. The van der Waals surface area contributed by atoms with Gasteiger partial charge in [0.25, 0.3) is 11.7 Å². The number of Topliss-reactive ketones (excluding diaryl/α,β-unsaturated/α-hetero) is 1. The number of likely N-dealkylation sites (tertiary alicyclic amines) is 1. The van der Waals surface area contributed by atoms with Gasteiger partial charge in [-0.15, -0.1) is 0 Å². The van der Waals surface area contributed by atoms with Gasteiger partial charge in [0.05, 0.1) is 25.1 Å². The van der Waals surface area contributed by atoms with Gasteiger partial charge in [-0.25, -0.2) is 4.98 Å². The number of methoxy groups -OCH3 is 1. The highest BCUT2D eigenvalue weighted by Crippen LogP contribution is 2.39. The number of amides is 1. The van der Waals surface area contributed by atoms with E-state index in [1.54, 1.807) is 61.3 Å². The van der Waals surface area contributed by atoms with Crippen molar-refractivity contribution in [1.82, 2.24) is 19.4 Å². The van der Waals surface area contributed by atoms with Gasteiger partial charge in [-0.1, -0.05) is 12.1 Å². The summed E-state index contributed by atoms with van der Waals surface area (Å²) >= 11 is 0. The summed E-state index contributed by atoms with van der Waals surface area (Å²) in [6.07, 6.45) is 9.08. The average Bonchev–Trinajstić information content (AvgIpc) is 3.41. The summed E-state index contributed by atoms with van der Waals surface area (Å²) in [7, 11) is 1.52. The molecule has 0 aliphatic carbocycles. The lowest BCUT2D eigenvalue weighted by Crippen LogP contribution is -2.31. The zero-order valence-electron chi connectivity index (χ0n) is 17.0. The first-order valence-corrected chi connectivity index (χ1v) is 9.88. The number of hydrogen-bond acceptors (Lipinski definition) is 6. The van der Waals surface area contributed by atoms with Gasteiger partial charge in [-0.3, -0.25) is 14.6 Å². The maximum Gasteiger partial charge on any atom is 0.295 e. The Morgan fingerprint density at radius 2 is 1.90 bits per heavy atom. The molecule has 1 aliphatic heterocycles. The molecule has 0 bridgehead atoms. The number of pyridine rings is 1. The van der Waals surface area contributed by atoms with E-state index in [0.29, 0.717) is 36.4 Å². The van der Waals surface area contributed by atoms with Crippen molar-refractivity contribution in [2.45, 2.75) is 19.0 Å². The van der Waals surface area contributed by atoms with Crippen LogP contribution < -0.4 is 4.74 Å². The van der Waals surface area contributed by atoms with E-state index in [1.165, 1.54) is 12.0 Å². The summed E-state index contributed by atoms with van der Waals surface area (Å²) in [4.78, 5) is 35.5. The molecule has 0 radical (unpaired) electrons. The predicted molar refractivity (Wildman–Crippen MR) is 113 cm³/mol. The van der Waals surface area contributed by atoms with Gasteiger partial charge in [-0.2, -0.15) is 0 Å². The number of ketones is 1. The molecule has 31 heavy (non-hydrogen) atoms. The molecule has 1 atom stereocenters. The van der Waals surface area contributed by atoms with Gasteiger partial charge in [0, 0.05) is 43.4 Å². The third kappa shape index (κ3) is 4.05. The van der Waals surface area contributed by atoms with E-state index < -0.39 is 17.7 Å². The first-order valence-electron chi connectivity index (χ1n) is 9.88. The molecule has 3 heterocycles. The second-order valence-electron chi connectivity index (χ2n) is 7.16. The Morgan fingerprint density at radius 1 is 1.10 bits per heavy atom. The van der Waals surface area contributed by atoms with Crippen molar-refractivity contribution < 1.29 is 19.4 Å². The summed E-state index contributed by atoms with van der Waals surface area (Å²) < 4.78 is 7.14. The van der Waals surface area contributed by atoms with E-state index in [1.807, 2.05) is 10.8 Å². The molecular weight excluding hydrogens is 396 g/mol.